The van der Waals surface area contributed by atoms with Crippen molar-refractivity contribution in [1.82, 2.24) is 30.1 Å². The average molecular weight is 371 g/mol. The summed E-state index contributed by atoms with van der Waals surface area (Å²) >= 11 is 0. The van der Waals surface area contributed by atoms with Crippen LogP contribution in [0.5, 0.6) is 0 Å². The fourth-order valence-corrected chi connectivity index (χ4v) is 2.63. The molecule has 2 aromatic rings. The first-order valence-corrected chi connectivity index (χ1v) is 9.41. The lowest BCUT2D eigenvalue weighted by Crippen LogP contribution is -2.40. The lowest BCUT2D eigenvalue weighted by Gasteiger charge is -2.19. The smallest absolute Gasteiger partial charge is 0.224 e. The van der Waals surface area contributed by atoms with Crippen molar-refractivity contribution in [3.63, 3.8) is 0 Å². The first-order chi connectivity index (χ1) is 13.2. The Hall–Kier alpha value is -2.90. The summed E-state index contributed by atoms with van der Waals surface area (Å²) in [6, 6.07) is 3.93. The van der Waals surface area contributed by atoms with Gasteiger partial charge >= 0.3 is 0 Å². The summed E-state index contributed by atoms with van der Waals surface area (Å²) in [5.41, 5.74) is 1.05. The number of carbonyl (C=O) groups excluding carboxylic acids is 1. The minimum atomic E-state index is 0.155. The van der Waals surface area contributed by atoms with Gasteiger partial charge in [-0.1, -0.05) is 0 Å². The summed E-state index contributed by atoms with van der Waals surface area (Å²) in [7, 11) is 0. The molecule has 0 aliphatic heterocycles. The van der Waals surface area contributed by atoms with Crippen LogP contribution < -0.4 is 10.6 Å². The molecule has 27 heavy (non-hydrogen) atoms. The average Bonchev–Trinajstić information content (AvgIpc) is 3.22. The van der Waals surface area contributed by atoms with Gasteiger partial charge in [-0.15, -0.1) is 0 Å². The van der Waals surface area contributed by atoms with Crippen LogP contribution in [-0.2, 0) is 11.3 Å². The monoisotopic (exact) mass is 371 g/mol. The number of hydrogen-bond acceptors (Lipinski definition) is 4. The fraction of sp³-hybridized carbons (Fsp3) is 0.474. The highest BCUT2D eigenvalue weighted by molar-refractivity contribution is 5.81. The zero-order valence-corrected chi connectivity index (χ0v) is 16.4. The summed E-state index contributed by atoms with van der Waals surface area (Å²) in [6.07, 6.45) is 7.51. The van der Waals surface area contributed by atoms with Crippen molar-refractivity contribution in [3.8, 4) is 5.82 Å². The molecule has 0 aromatic carbocycles. The molecule has 0 saturated heterocycles. The molecule has 0 spiro atoms. The molecule has 8 nitrogen and oxygen atoms in total. The van der Waals surface area contributed by atoms with E-state index in [1.165, 1.54) is 0 Å². The molecule has 2 N–H and O–H groups in total. The minimum Gasteiger partial charge on any atom is -0.357 e. The molecule has 2 rings (SSSR count). The van der Waals surface area contributed by atoms with Gasteiger partial charge in [0.2, 0.25) is 5.91 Å². The van der Waals surface area contributed by atoms with Gasteiger partial charge < -0.3 is 15.5 Å². The van der Waals surface area contributed by atoms with Gasteiger partial charge in [0.25, 0.3) is 0 Å². The van der Waals surface area contributed by atoms with Crippen LogP contribution in [0, 0.1) is 0 Å². The second-order valence-corrected chi connectivity index (χ2v) is 5.93. The Balaban J connectivity index is 1.93. The van der Waals surface area contributed by atoms with Crippen LogP contribution in [0.3, 0.4) is 0 Å². The summed E-state index contributed by atoms with van der Waals surface area (Å²) in [5.74, 6) is 1.66. The van der Waals surface area contributed by atoms with Crippen molar-refractivity contribution in [2.24, 2.45) is 4.99 Å². The molecule has 8 heteroatoms. The Bertz CT molecular complexity index is 723. The lowest BCUT2D eigenvalue weighted by atomic mass is 10.2. The number of guanidine groups is 1. The molecular formula is C19H29N7O. The van der Waals surface area contributed by atoms with E-state index in [0.717, 1.165) is 31.0 Å². The van der Waals surface area contributed by atoms with E-state index in [9.17, 15) is 4.79 Å². The molecule has 0 atom stereocenters. The topological polar surface area (TPSA) is 87.4 Å². The normalized spacial score (nSPS) is 11.3. The van der Waals surface area contributed by atoms with Crippen LogP contribution in [0.25, 0.3) is 5.82 Å². The SMILES string of the molecule is CCNC(=NCc1ccnc(-n2ccnc2)c1)NCCC(=O)N(CC)CC. The van der Waals surface area contributed by atoms with Crippen molar-refractivity contribution in [2.45, 2.75) is 33.7 Å². The van der Waals surface area contributed by atoms with Gasteiger partial charge in [0.1, 0.15) is 12.1 Å². The zero-order chi connectivity index (χ0) is 19.5. The number of aliphatic imine (C=N–C) groups is 1. The molecule has 146 valence electrons. The van der Waals surface area contributed by atoms with Crippen LogP contribution in [0.4, 0.5) is 0 Å². The Labute approximate surface area is 160 Å². The van der Waals surface area contributed by atoms with Crippen molar-refractivity contribution >= 4 is 11.9 Å². The van der Waals surface area contributed by atoms with Crippen molar-refractivity contribution < 1.29 is 4.79 Å². The molecule has 0 fully saturated rings. The van der Waals surface area contributed by atoms with Gasteiger partial charge in [-0.05, 0) is 38.5 Å². The Kier molecular flexibility index (Phi) is 8.28. The number of nitrogens with one attached hydrogen (secondary N) is 2. The van der Waals surface area contributed by atoms with E-state index in [1.54, 1.807) is 18.7 Å². The summed E-state index contributed by atoms with van der Waals surface area (Å²) < 4.78 is 1.86. The third kappa shape index (κ3) is 6.40. The third-order valence-electron chi connectivity index (χ3n) is 4.09. The summed E-state index contributed by atoms with van der Waals surface area (Å²) in [6.45, 7) is 9.31. The number of hydrogen-bond donors (Lipinski definition) is 2. The van der Waals surface area contributed by atoms with E-state index in [-0.39, 0.29) is 5.91 Å². The van der Waals surface area contributed by atoms with Crippen LogP contribution in [0.15, 0.2) is 42.0 Å². The maximum atomic E-state index is 12.1. The number of pyridine rings is 1. The number of aromatic nitrogens is 3. The predicted molar refractivity (Wildman–Crippen MR) is 107 cm³/mol. The second kappa shape index (κ2) is 10.9. The Morgan fingerprint density at radius 2 is 2.04 bits per heavy atom. The lowest BCUT2D eigenvalue weighted by molar-refractivity contribution is -0.130. The van der Waals surface area contributed by atoms with E-state index < -0.39 is 0 Å². The number of amides is 1. The molecule has 0 aliphatic rings. The molecular weight excluding hydrogens is 342 g/mol. The Morgan fingerprint density at radius 1 is 1.22 bits per heavy atom. The quantitative estimate of drug-likeness (QED) is 0.516. The predicted octanol–water partition coefficient (Wildman–Crippen LogP) is 1.58. The van der Waals surface area contributed by atoms with Crippen molar-refractivity contribution in [2.75, 3.05) is 26.2 Å². The highest BCUT2D eigenvalue weighted by Gasteiger charge is 2.09. The van der Waals surface area contributed by atoms with Crippen molar-refractivity contribution in [1.29, 1.82) is 0 Å². The highest BCUT2D eigenvalue weighted by atomic mass is 16.2. The standard InChI is InChI=1S/C19H29N7O/c1-4-21-19(23-10-8-18(27)25(5-2)6-3)24-14-16-7-9-22-17(13-16)26-12-11-20-15-26/h7,9,11-13,15H,4-6,8,10,14H2,1-3H3,(H2,21,23,24). The molecule has 2 aromatic heterocycles. The zero-order valence-electron chi connectivity index (χ0n) is 16.4. The number of rotatable bonds is 9. The van der Waals surface area contributed by atoms with Gasteiger partial charge in [0, 0.05) is 51.2 Å². The summed E-state index contributed by atoms with van der Waals surface area (Å²) in [4.78, 5) is 26.9. The maximum absolute atomic E-state index is 12.1. The summed E-state index contributed by atoms with van der Waals surface area (Å²) in [5, 5.41) is 6.44. The Morgan fingerprint density at radius 3 is 2.70 bits per heavy atom. The molecule has 0 unspecified atom stereocenters. The number of nitrogens with zero attached hydrogens (tertiary/aromatic N) is 5. The van der Waals surface area contributed by atoms with Crippen LogP contribution in [0.1, 0.15) is 32.8 Å². The largest absolute Gasteiger partial charge is 0.357 e. The molecule has 0 aliphatic carbocycles. The van der Waals surface area contributed by atoms with Crippen LogP contribution in [-0.4, -0.2) is 57.5 Å². The third-order valence-corrected chi connectivity index (χ3v) is 4.09. The molecule has 0 bridgehead atoms. The van der Waals surface area contributed by atoms with Gasteiger partial charge in [0.15, 0.2) is 5.96 Å². The first kappa shape index (κ1) is 20.4. The minimum absolute atomic E-state index is 0.155. The number of imidazole rings is 1. The molecule has 2 heterocycles. The number of carbonyl (C=O) groups is 1. The fourth-order valence-electron chi connectivity index (χ4n) is 2.63. The molecule has 1 amide bonds. The van der Waals surface area contributed by atoms with E-state index in [0.29, 0.717) is 25.5 Å². The second-order valence-electron chi connectivity index (χ2n) is 5.93. The van der Waals surface area contributed by atoms with Crippen molar-refractivity contribution in [3.05, 3.63) is 42.6 Å². The van der Waals surface area contributed by atoms with Gasteiger partial charge in [0.05, 0.1) is 6.54 Å². The van der Waals surface area contributed by atoms with Crippen LogP contribution >= 0.6 is 0 Å². The molecule has 0 radical (unpaired) electrons. The van der Waals surface area contributed by atoms with Gasteiger partial charge in [-0.2, -0.15) is 0 Å². The van der Waals surface area contributed by atoms with Crippen LogP contribution in [0.2, 0.25) is 0 Å². The van der Waals surface area contributed by atoms with E-state index in [2.05, 4.69) is 25.6 Å². The van der Waals surface area contributed by atoms with E-state index >= 15 is 0 Å². The first-order valence-electron chi connectivity index (χ1n) is 9.41. The van der Waals surface area contributed by atoms with E-state index in [1.807, 2.05) is 48.6 Å². The molecule has 0 saturated carbocycles. The maximum Gasteiger partial charge on any atom is 0.224 e. The van der Waals surface area contributed by atoms with E-state index in [4.69, 9.17) is 0 Å². The highest BCUT2D eigenvalue weighted by Crippen LogP contribution is 2.08. The van der Waals surface area contributed by atoms with Gasteiger partial charge in [-0.3, -0.25) is 9.36 Å². The van der Waals surface area contributed by atoms with Gasteiger partial charge in [-0.25, -0.2) is 15.0 Å².